The van der Waals surface area contributed by atoms with Crippen molar-refractivity contribution in [3.63, 3.8) is 0 Å². The van der Waals surface area contributed by atoms with E-state index in [-0.39, 0.29) is 5.91 Å². The molecule has 0 spiro atoms. The van der Waals surface area contributed by atoms with Crippen LogP contribution >= 0.6 is 11.8 Å². The Morgan fingerprint density at radius 2 is 2.04 bits per heavy atom. The molecular formula is C18H24N4OS. The molecule has 0 aliphatic carbocycles. The molecule has 0 unspecified atom stereocenters. The number of aryl methyl sites for hydroxylation is 1. The second-order valence-corrected chi connectivity index (χ2v) is 7.55. The normalized spacial score (nSPS) is 18.0. The van der Waals surface area contributed by atoms with E-state index in [1.54, 1.807) is 0 Å². The van der Waals surface area contributed by atoms with Crippen molar-refractivity contribution in [1.82, 2.24) is 19.7 Å². The fraction of sp³-hybridized carbons (Fsp3) is 0.500. The van der Waals surface area contributed by atoms with Crippen LogP contribution in [0.1, 0.15) is 25.3 Å². The van der Waals surface area contributed by atoms with Gasteiger partial charge in [0.1, 0.15) is 0 Å². The summed E-state index contributed by atoms with van der Waals surface area (Å²) in [6.45, 7) is 6.04. The van der Waals surface area contributed by atoms with E-state index in [0.29, 0.717) is 11.7 Å². The number of hydrogen-bond donors (Lipinski definition) is 0. The minimum absolute atomic E-state index is 0.200. The van der Waals surface area contributed by atoms with Gasteiger partial charge in [-0.3, -0.25) is 4.79 Å². The van der Waals surface area contributed by atoms with E-state index in [0.717, 1.165) is 36.1 Å². The number of aromatic nitrogens is 3. The number of hydrogen-bond acceptors (Lipinski definition) is 4. The maximum atomic E-state index is 12.4. The zero-order valence-electron chi connectivity index (χ0n) is 14.5. The maximum absolute atomic E-state index is 12.4. The number of carbonyl (C=O) groups is 1. The lowest BCUT2D eigenvalue weighted by Gasteiger charge is -2.30. The Hall–Kier alpha value is -1.82. The summed E-state index contributed by atoms with van der Waals surface area (Å²) < 4.78 is 1.96. The first-order valence-electron chi connectivity index (χ1n) is 8.41. The van der Waals surface area contributed by atoms with Crippen LogP contribution in [0.3, 0.4) is 0 Å². The van der Waals surface area contributed by atoms with Crippen molar-refractivity contribution in [2.45, 2.75) is 31.8 Å². The largest absolute Gasteiger partial charge is 0.342 e. The third-order valence-electron chi connectivity index (χ3n) is 4.48. The zero-order valence-corrected chi connectivity index (χ0v) is 15.3. The third-order valence-corrected chi connectivity index (χ3v) is 5.48. The summed E-state index contributed by atoms with van der Waals surface area (Å²) in [5.41, 5.74) is 2.26. The van der Waals surface area contributed by atoms with Crippen molar-refractivity contribution in [1.29, 1.82) is 0 Å². The van der Waals surface area contributed by atoms with Crippen molar-refractivity contribution in [2.75, 3.05) is 18.8 Å². The fourth-order valence-corrected chi connectivity index (χ4v) is 3.84. The Balaban J connectivity index is 1.64. The highest BCUT2D eigenvalue weighted by molar-refractivity contribution is 7.99. The van der Waals surface area contributed by atoms with Gasteiger partial charge in [-0.05, 0) is 25.7 Å². The summed E-state index contributed by atoms with van der Waals surface area (Å²) in [5.74, 6) is 2.06. The van der Waals surface area contributed by atoms with Gasteiger partial charge in [-0.25, -0.2) is 0 Å². The second kappa shape index (κ2) is 7.38. The standard InChI is InChI=1S/C18H24N4OS/c1-13-6-8-15(9-7-13)17-19-20-18(21(17)3)24-12-16(23)22-10-4-5-14(2)11-22/h6-9,14H,4-5,10-12H2,1-3H3/t14-/m0/s1. The number of amides is 1. The Morgan fingerprint density at radius 1 is 1.29 bits per heavy atom. The molecule has 2 heterocycles. The predicted molar refractivity (Wildman–Crippen MR) is 96.9 cm³/mol. The molecule has 1 aliphatic rings. The Labute approximate surface area is 147 Å². The van der Waals surface area contributed by atoms with Crippen LogP contribution in [0.4, 0.5) is 0 Å². The van der Waals surface area contributed by atoms with E-state index in [1.807, 2.05) is 28.6 Å². The van der Waals surface area contributed by atoms with Crippen molar-refractivity contribution in [3.05, 3.63) is 29.8 Å². The van der Waals surface area contributed by atoms with Gasteiger partial charge in [-0.2, -0.15) is 0 Å². The lowest BCUT2D eigenvalue weighted by molar-refractivity contribution is -0.130. The first-order chi connectivity index (χ1) is 11.5. The van der Waals surface area contributed by atoms with E-state index in [4.69, 9.17) is 0 Å². The van der Waals surface area contributed by atoms with Gasteiger partial charge < -0.3 is 9.47 Å². The highest BCUT2D eigenvalue weighted by Gasteiger charge is 2.21. The minimum atomic E-state index is 0.200. The lowest BCUT2D eigenvalue weighted by atomic mass is 10.0. The summed E-state index contributed by atoms with van der Waals surface area (Å²) in [6, 6.07) is 8.23. The number of carbonyl (C=O) groups excluding carboxylic acids is 1. The van der Waals surface area contributed by atoms with Crippen molar-refractivity contribution < 1.29 is 4.79 Å². The van der Waals surface area contributed by atoms with Crippen LogP contribution < -0.4 is 0 Å². The molecule has 1 aliphatic heterocycles. The van der Waals surface area contributed by atoms with Gasteiger partial charge >= 0.3 is 0 Å². The van der Waals surface area contributed by atoms with E-state index in [2.05, 4.69) is 36.2 Å². The highest BCUT2D eigenvalue weighted by atomic mass is 32.2. The number of rotatable bonds is 4. The van der Waals surface area contributed by atoms with Crippen LogP contribution in [0.2, 0.25) is 0 Å². The Morgan fingerprint density at radius 3 is 2.75 bits per heavy atom. The molecule has 128 valence electrons. The SMILES string of the molecule is Cc1ccc(-c2nnc(SCC(=O)N3CCC[C@H](C)C3)n2C)cc1. The van der Waals surface area contributed by atoms with Crippen molar-refractivity contribution in [2.24, 2.45) is 13.0 Å². The van der Waals surface area contributed by atoms with Crippen molar-refractivity contribution >= 4 is 17.7 Å². The van der Waals surface area contributed by atoms with Crippen LogP contribution in [0.25, 0.3) is 11.4 Å². The minimum Gasteiger partial charge on any atom is -0.342 e. The van der Waals surface area contributed by atoms with Gasteiger partial charge in [0, 0.05) is 25.7 Å². The molecule has 1 atom stereocenters. The first kappa shape index (κ1) is 17.0. The quantitative estimate of drug-likeness (QED) is 0.800. The Kier molecular flexibility index (Phi) is 5.23. The Bertz CT molecular complexity index is 710. The molecule has 1 saturated heterocycles. The number of thioether (sulfide) groups is 1. The summed E-state index contributed by atoms with van der Waals surface area (Å²) in [5, 5.41) is 9.32. The molecule has 0 N–H and O–H groups in total. The van der Waals surface area contributed by atoms with Gasteiger partial charge in [0.05, 0.1) is 5.75 Å². The van der Waals surface area contributed by atoms with Crippen LogP contribution in [0.5, 0.6) is 0 Å². The molecule has 1 fully saturated rings. The van der Waals surface area contributed by atoms with Crippen LogP contribution in [-0.2, 0) is 11.8 Å². The molecular weight excluding hydrogens is 320 g/mol. The summed E-state index contributed by atoms with van der Waals surface area (Å²) in [4.78, 5) is 14.4. The summed E-state index contributed by atoms with van der Waals surface area (Å²) >= 11 is 1.47. The molecule has 5 nitrogen and oxygen atoms in total. The third kappa shape index (κ3) is 3.80. The molecule has 1 aromatic heterocycles. The number of benzene rings is 1. The van der Waals surface area contributed by atoms with E-state index >= 15 is 0 Å². The van der Waals surface area contributed by atoms with Crippen molar-refractivity contribution in [3.8, 4) is 11.4 Å². The summed E-state index contributed by atoms with van der Waals surface area (Å²) in [6.07, 6.45) is 2.33. The summed E-state index contributed by atoms with van der Waals surface area (Å²) in [7, 11) is 1.95. The molecule has 0 radical (unpaired) electrons. The monoisotopic (exact) mass is 344 g/mol. The van der Waals surface area contributed by atoms with E-state index in [9.17, 15) is 4.79 Å². The van der Waals surface area contributed by atoms with Gasteiger partial charge in [0.2, 0.25) is 5.91 Å². The number of nitrogens with zero attached hydrogens (tertiary/aromatic N) is 4. The van der Waals surface area contributed by atoms with E-state index in [1.165, 1.54) is 23.7 Å². The first-order valence-corrected chi connectivity index (χ1v) is 9.40. The smallest absolute Gasteiger partial charge is 0.233 e. The average molecular weight is 344 g/mol. The van der Waals surface area contributed by atoms with E-state index < -0.39 is 0 Å². The van der Waals surface area contributed by atoms with Gasteiger partial charge in [0.15, 0.2) is 11.0 Å². The van der Waals surface area contributed by atoms with Crippen LogP contribution in [0, 0.1) is 12.8 Å². The zero-order chi connectivity index (χ0) is 17.1. The predicted octanol–water partition coefficient (Wildman–Crippen LogP) is 3.14. The topological polar surface area (TPSA) is 51.0 Å². The molecule has 24 heavy (non-hydrogen) atoms. The van der Waals surface area contributed by atoms with Gasteiger partial charge in [0.25, 0.3) is 0 Å². The maximum Gasteiger partial charge on any atom is 0.233 e. The molecule has 6 heteroatoms. The molecule has 2 aromatic rings. The number of piperidine rings is 1. The molecule has 3 rings (SSSR count). The second-order valence-electron chi connectivity index (χ2n) is 6.61. The van der Waals surface area contributed by atoms with Crippen LogP contribution in [-0.4, -0.2) is 44.4 Å². The average Bonchev–Trinajstić information content (AvgIpc) is 2.94. The molecule has 0 bridgehead atoms. The molecule has 1 aromatic carbocycles. The van der Waals surface area contributed by atoms with Crippen LogP contribution in [0.15, 0.2) is 29.4 Å². The molecule has 1 amide bonds. The number of likely N-dealkylation sites (tertiary alicyclic amines) is 1. The molecule has 0 saturated carbocycles. The van der Waals surface area contributed by atoms with Gasteiger partial charge in [-0.1, -0.05) is 48.5 Å². The lowest BCUT2D eigenvalue weighted by Crippen LogP contribution is -2.40. The van der Waals surface area contributed by atoms with Gasteiger partial charge in [-0.15, -0.1) is 10.2 Å². The fourth-order valence-electron chi connectivity index (χ4n) is 3.03. The highest BCUT2D eigenvalue weighted by Crippen LogP contribution is 2.24.